The normalized spacial score (nSPS) is 15.4. The van der Waals surface area contributed by atoms with Crippen molar-refractivity contribution in [2.45, 2.75) is 46.0 Å². The van der Waals surface area contributed by atoms with Gasteiger partial charge in [-0.3, -0.25) is 9.10 Å². The first-order valence-electron chi connectivity index (χ1n) is 9.59. The first kappa shape index (κ1) is 21.7. The molecule has 27 heavy (non-hydrogen) atoms. The third kappa shape index (κ3) is 5.45. The fourth-order valence-corrected chi connectivity index (χ4v) is 4.38. The van der Waals surface area contributed by atoms with Crippen molar-refractivity contribution in [2.75, 3.05) is 43.4 Å². The maximum absolute atomic E-state index is 12.7. The summed E-state index contributed by atoms with van der Waals surface area (Å²) in [5.41, 5.74) is 2.72. The fraction of sp³-hybridized carbons (Fsp3) is 0.650. The Balaban J connectivity index is 2.36. The maximum Gasteiger partial charge on any atom is 0.232 e. The zero-order valence-corrected chi connectivity index (χ0v) is 17.9. The van der Waals surface area contributed by atoms with Crippen LogP contribution in [0.3, 0.4) is 0 Å². The van der Waals surface area contributed by atoms with Crippen LogP contribution in [0.15, 0.2) is 18.2 Å². The number of hydrogen-bond acceptors (Lipinski definition) is 4. The molecule has 1 saturated heterocycles. The smallest absolute Gasteiger partial charge is 0.232 e. The van der Waals surface area contributed by atoms with E-state index in [9.17, 15) is 13.2 Å². The Bertz CT molecular complexity index is 727. The van der Waals surface area contributed by atoms with Crippen molar-refractivity contribution in [3.63, 3.8) is 0 Å². The predicted octanol–water partition coefficient (Wildman–Crippen LogP) is 2.95. The Morgan fingerprint density at radius 1 is 1.11 bits per heavy atom. The lowest BCUT2D eigenvalue weighted by molar-refractivity contribution is -0.135. The molecule has 0 atom stereocenters. The van der Waals surface area contributed by atoms with Gasteiger partial charge in [-0.1, -0.05) is 45.9 Å². The van der Waals surface area contributed by atoms with Gasteiger partial charge in [0.15, 0.2) is 0 Å². The highest BCUT2D eigenvalue weighted by Crippen LogP contribution is 2.36. The number of carbonyl (C=O) groups is 1. The van der Waals surface area contributed by atoms with E-state index >= 15 is 0 Å². The van der Waals surface area contributed by atoms with Crippen LogP contribution >= 0.6 is 0 Å². The molecule has 0 saturated carbocycles. The average Bonchev–Trinajstić information content (AvgIpc) is 2.61. The summed E-state index contributed by atoms with van der Waals surface area (Å²) in [6.07, 6.45) is 1.38. The van der Waals surface area contributed by atoms with Crippen molar-refractivity contribution in [3.8, 4) is 0 Å². The number of sulfonamides is 1. The molecule has 1 aromatic rings. The molecule has 1 amide bonds. The summed E-state index contributed by atoms with van der Waals surface area (Å²) < 4.78 is 32.0. The minimum absolute atomic E-state index is 0.0277. The van der Waals surface area contributed by atoms with E-state index < -0.39 is 10.0 Å². The Morgan fingerprint density at radius 3 is 2.07 bits per heavy atom. The summed E-state index contributed by atoms with van der Waals surface area (Å²) in [7, 11) is -3.52. The second-order valence-corrected chi connectivity index (χ2v) is 9.58. The van der Waals surface area contributed by atoms with Gasteiger partial charge in [0, 0.05) is 26.1 Å². The Hall–Kier alpha value is -1.60. The number of morpholine rings is 1. The monoisotopic (exact) mass is 396 g/mol. The van der Waals surface area contributed by atoms with Gasteiger partial charge in [0.05, 0.1) is 25.2 Å². The predicted molar refractivity (Wildman–Crippen MR) is 109 cm³/mol. The number of benzene rings is 1. The van der Waals surface area contributed by atoms with E-state index in [-0.39, 0.29) is 30.7 Å². The van der Waals surface area contributed by atoms with E-state index in [2.05, 4.69) is 27.7 Å². The zero-order chi connectivity index (χ0) is 20.2. The summed E-state index contributed by atoms with van der Waals surface area (Å²) in [5.74, 6) is 0.330. The molecule has 0 radical (unpaired) electrons. The molecule has 1 aliphatic rings. The van der Waals surface area contributed by atoms with E-state index in [1.807, 2.05) is 18.2 Å². The molecule has 0 bridgehead atoms. The summed E-state index contributed by atoms with van der Waals surface area (Å²) in [6.45, 7) is 10.6. The van der Waals surface area contributed by atoms with E-state index in [0.29, 0.717) is 26.3 Å². The molecule has 0 unspecified atom stereocenters. The number of carbonyl (C=O) groups excluding carboxylic acids is 1. The number of para-hydroxylation sites is 1. The lowest BCUT2D eigenvalue weighted by atomic mass is 9.92. The number of anilines is 1. The van der Waals surface area contributed by atoms with Gasteiger partial charge < -0.3 is 9.64 Å². The number of nitrogens with zero attached hydrogens (tertiary/aromatic N) is 2. The van der Waals surface area contributed by atoms with Crippen LogP contribution in [-0.4, -0.2) is 58.3 Å². The van der Waals surface area contributed by atoms with Crippen molar-refractivity contribution in [2.24, 2.45) is 0 Å². The molecule has 0 spiro atoms. The molecule has 1 heterocycles. The Morgan fingerprint density at radius 2 is 1.63 bits per heavy atom. The number of amides is 1. The van der Waals surface area contributed by atoms with Gasteiger partial charge in [-0.25, -0.2) is 8.42 Å². The third-order valence-electron chi connectivity index (χ3n) is 4.88. The molecule has 1 fully saturated rings. The van der Waals surface area contributed by atoms with Crippen molar-refractivity contribution < 1.29 is 17.9 Å². The van der Waals surface area contributed by atoms with Crippen LogP contribution < -0.4 is 4.31 Å². The standard InChI is InChI=1S/C20H32N2O4S/c1-15(2)17-7-6-8-18(16(3)4)20(17)22(27(5,24)25)10-9-19(23)21-11-13-26-14-12-21/h6-8,15-16H,9-14H2,1-5H3. The quantitative estimate of drug-likeness (QED) is 0.711. The second-order valence-electron chi connectivity index (χ2n) is 7.67. The summed E-state index contributed by atoms with van der Waals surface area (Å²) in [6, 6.07) is 5.94. The molecular formula is C20H32N2O4S. The van der Waals surface area contributed by atoms with Crippen LogP contribution in [0.2, 0.25) is 0 Å². The molecule has 0 N–H and O–H groups in total. The van der Waals surface area contributed by atoms with Crippen LogP contribution in [0, 0.1) is 0 Å². The van der Waals surface area contributed by atoms with Gasteiger partial charge in [-0.2, -0.15) is 0 Å². The topological polar surface area (TPSA) is 66.9 Å². The highest BCUT2D eigenvalue weighted by molar-refractivity contribution is 7.92. The van der Waals surface area contributed by atoms with Gasteiger partial charge in [0.2, 0.25) is 15.9 Å². The molecular weight excluding hydrogens is 364 g/mol. The molecule has 1 aromatic carbocycles. The van der Waals surface area contributed by atoms with Gasteiger partial charge in [0.1, 0.15) is 0 Å². The van der Waals surface area contributed by atoms with Crippen molar-refractivity contribution in [1.82, 2.24) is 4.90 Å². The summed E-state index contributed by atoms with van der Waals surface area (Å²) in [4.78, 5) is 14.3. The van der Waals surface area contributed by atoms with E-state index in [4.69, 9.17) is 4.74 Å². The van der Waals surface area contributed by atoms with Crippen molar-refractivity contribution >= 4 is 21.6 Å². The van der Waals surface area contributed by atoms with Gasteiger partial charge in [0.25, 0.3) is 0 Å². The largest absolute Gasteiger partial charge is 0.378 e. The molecule has 6 nitrogen and oxygen atoms in total. The van der Waals surface area contributed by atoms with Gasteiger partial charge >= 0.3 is 0 Å². The second kappa shape index (κ2) is 9.06. The molecule has 2 rings (SSSR count). The fourth-order valence-electron chi connectivity index (χ4n) is 3.41. The lowest BCUT2D eigenvalue weighted by Gasteiger charge is -2.31. The SMILES string of the molecule is CC(C)c1cccc(C(C)C)c1N(CCC(=O)N1CCOCC1)S(C)(=O)=O. The van der Waals surface area contributed by atoms with E-state index in [1.165, 1.54) is 10.6 Å². The molecule has 0 aromatic heterocycles. The molecule has 152 valence electrons. The van der Waals surface area contributed by atoms with E-state index in [1.54, 1.807) is 4.90 Å². The van der Waals surface area contributed by atoms with Gasteiger partial charge in [-0.05, 0) is 23.0 Å². The van der Waals surface area contributed by atoms with E-state index in [0.717, 1.165) is 16.8 Å². The molecule has 0 aliphatic carbocycles. The number of hydrogen-bond donors (Lipinski definition) is 0. The highest BCUT2D eigenvalue weighted by Gasteiger charge is 2.27. The first-order chi connectivity index (χ1) is 12.6. The lowest BCUT2D eigenvalue weighted by Crippen LogP contribution is -2.42. The average molecular weight is 397 g/mol. The Kier molecular flexibility index (Phi) is 7.28. The molecule has 7 heteroatoms. The third-order valence-corrected chi connectivity index (χ3v) is 6.05. The summed E-state index contributed by atoms with van der Waals surface area (Å²) >= 11 is 0. The number of rotatable bonds is 7. The van der Waals surface area contributed by atoms with Crippen LogP contribution in [0.25, 0.3) is 0 Å². The zero-order valence-electron chi connectivity index (χ0n) is 17.1. The highest BCUT2D eigenvalue weighted by atomic mass is 32.2. The van der Waals surface area contributed by atoms with Crippen LogP contribution in [0.4, 0.5) is 5.69 Å². The first-order valence-corrected chi connectivity index (χ1v) is 11.4. The summed E-state index contributed by atoms with van der Waals surface area (Å²) in [5, 5.41) is 0. The minimum atomic E-state index is -3.52. The van der Waals surface area contributed by atoms with Crippen LogP contribution in [0.5, 0.6) is 0 Å². The van der Waals surface area contributed by atoms with Crippen LogP contribution in [-0.2, 0) is 19.6 Å². The minimum Gasteiger partial charge on any atom is -0.378 e. The number of ether oxygens (including phenoxy) is 1. The maximum atomic E-state index is 12.7. The van der Waals surface area contributed by atoms with Crippen molar-refractivity contribution in [1.29, 1.82) is 0 Å². The van der Waals surface area contributed by atoms with Crippen LogP contribution in [0.1, 0.15) is 57.1 Å². The Labute approximate surface area is 163 Å². The van der Waals surface area contributed by atoms with Gasteiger partial charge in [-0.15, -0.1) is 0 Å². The van der Waals surface area contributed by atoms with Crippen molar-refractivity contribution in [3.05, 3.63) is 29.3 Å². The molecule has 1 aliphatic heterocycles.